The van der Waals surface area contributed by atoms with Gasteiger partial charge < -0.3 is 10.0 Å². The normalized spacial score (nSPS) is 11.4. The molecule has 1 heterocycles. The predicted octanol–water partition coefficient (Wildman–Crippen LogP) is 1.59. The Kier molecular flexibility index (Phi) is 5.30. The fourth-order valence-electron chi connectivity index (χ4n) is 1.85. The van der Waals surface area contributed by atoms with Gasteiger partial charge in [0.1, 0.15) is 0 Å². The maximum atomic E-state index is 12.0. The summed E-state index contributed by atoms with van der Waals surface area (Å²) in [4.78, 5) is 25.1. The summed E-state index contributed by atoms with van der Waals surface area (Å²) in [5.74, 6) is -0.870. The summed E-state index contributed by atoms with van der Waals surface area (Å²) < 4.78 is 1.32. The van der Waals surface area contributed by atoms with E-state index in [0.29, 0.717) is 13.0 Å². The number of hydrogen-bond donors (Lipinski definition) is 1. The van der Waals surface area contributed by atoms with Crippen molar-refractivity contribution < 1.29 is 9.90 Å². The van der Waals surface area contributed by atoms with Crippen molar-refractivity contribution >= 4 is 11.7 Å². The fourth-order valence-corrected chi connectivity index (χ4v) is 1.85. The lowest BCUT2D eigenvalue weighted by atomic mass is 9.90. The summed E-state index contributed by atoms with van der Waals surface area (Å²) in [7, 11) is 0. The molecule has 0 amide bonds. The number of carbonyl (C=O) groups is 1. The highest BCUT2D eigenvalue weighted by Gasteiger charge is 2.26. The molecule has 6 nitrogen and oxygen atoms in total. The van der Waals surface area contributed by atoms with Crippen molar-refractivity contribution in [3.05, 3.63) is 22.6 Å². The van der Waals surface area contributed by atoms with Crippen molar-refractivity contribution in [3.63, 3.8) is 0 Å². The van der Waals surface area contributed by atoms with Crippen LogP contribution in [-0.4, -0.2) is 33.9 Å². The van der Waals surface area contributed by atoms with Gasteiger partial charge in [-0.05, 0) is 34.1 Å². The van der Waals surface area contributed by atoms with Gasteiger partial charge in [-0.1, -0.05) is 0 Å². The van der Waals surface area contributed by atoms with Crippen molar-refractivity contribution in [2.24, 2.45) is 5.41 Å². The molecule has 0 atom stereocenters. The van der Waals surface area contributed by atoms with Crippen LogP contribution in [0.4, 0.5) is 5.69 Å². The van der Waals surface area contributed by atoms with Crippen LogP contribution in [0.15, 0.2) is 17.1 Å². The standard InChI is InChI=1S/C14H23N3O3/c1-5-16(6-2)11-9-12(18)17(15-10-11)8-7-14(3,4)13(19)20/h9-10H,5-8H2,1-4H3,(H,19,20). The van der Waals surface area contributed by atoms with E-state index in [9.17, 15) is 9.59 Å². The minimum atomic E-state index is -0.870. The van der Waals surface area contributed by atoms with E-state index < -0.39 is 11.4 Å². The second-order valence-corrected chi connectivity index (χ2v) is 5.39. The number of aryl methyl sites for hydroxylation is 1. The molecular weight excluding hydrogens is 258 g/mol. The van der Waals surface area contributed by atoms with Gasteiger partial charge in [-0.15, -0.1) is 0 Å². The molecule has 0 aliphatic heterocycles. The molecule has 6 heteroatoms. The number of aliphatic carboxylic acids is 1. The van der Waals surface area contributed by atoms with Gasteiger partial charge in [0.2, 0.25) is 0 Å². The highest BCUT2D eigenvalue weighted by Crippen LogP contribution is 2.20. The number of carboxylic acid groups (broad SMARTS) is 1. The summed E-state index contributed by atoms with van der Waals surface area (Å²) >= 11 is 0. The van der Waals surface area contributed by atoms with Gasteiger partial charge in [0.05, 0.1) is 17.3 Å². The average Bonchev–Trinajstić information content (AvgIpc) is 2.39. The van der Waals surface area contributed by atoms with E-state index in [0.717, 1.165) is 18.8 Å². The Morgan fingerprint density at radius 3 is 2.45 bits per heavy atom. The van der Waals surface area contributed by atoms with E-state index in [1.807, 2.05) is 18.7 Å². The Morgan fingerprint density at radius 2 is 2.00 bits per heavy atom. The molecule has 0 saturated carbocycles. The topological polar surface area (TPSA) is 75.4 Å². The maximum absolute atomic E-state index is 12.0. The molecule has 0 fully saturated rings. The molecule has 0 aliphatic carbocycles. The highest BCUT2D eigenvalue weighted by molar-refractivity contribution is 5.73. The first-order chi connectivity index (χ1) is 9.31. The number of anilines is 1. The molecule has 0 spiro atoms. The Labute approximate surface area is 119 Å². The van der Waals surface area contributed by atoms with Crippen LogP contribution in [0.25, 0.3) is 0 Å². The minimum absolute atomic E-state index is 0.199. The molecule has 0 aliphatic rings. The number of nitrogens with zero attached hydrogens (tertiary/aromatic N) is 3. The van der Waals surface area contributed by atoms with E-state index >= 15 is 0 Å². The summed E-state index contributed by atoms with van der Waals surface area (Å²) in [5.41, 5.74) is -0.261. The minimum Gasteiger partial charge on any atom is -0.481 e. The van der Waals surface area contributed by atoms with Crippen molar-refractivity contribution in [2.45, 2.75) is 40.7 Å². The number of rotatable bonds is 7. The second-order valence-electron chi connectivity index (χ2n) is 5.39. The summed E-state index contributed by atoms with van der Waals surface area (Å²) in [6.45, 7) is 9.25. The van der Waals surface area contributed by atoms with Crippen LogP contribution in [0.3, 0.4) is 0 Å². The van der Waals surface area contributed by atoms with Crippen molar-refractivity contribution in [2.75, 3.05) is 18.0 Å². The van der Waals surface area contributed by atoms with Gasteiger partial charge in [-0.25, -0.2) is 4.68 Å². The van der Waals surface area contributed by atoms with Crippen molar-refractivity contribution in [3.8, 4) is 0 Å². The van der Waals surface area contributed by atoms with E-state index in [1.54, 1.807) is 26.1 Å². The Bertz CT molecular complexity index is 519. The van der Waals surface area contributed by atoms with Gasteiger partial charge in [0.25, 0.3) is 5.56 Å². The third kappa shape index (κ3) is 3.82. The third-order valence-electron chi connectivity index (χ3n) is 3.51. The predicted molar refractivity (Wildman–Crippen MR) is 78.1 cm³/mol. The first-order valence-electron chi connectivity index (χ1n) is 6.87. The monoisotopic (exact) mass is 281 g/mol. The van der Waals surface area contributed by atoms with Gasteiger partial charge in [-0.3, -0.25) is 9.59 Å². The zero-order chi connectivity index (χ0) is 15.3. The Morgan fingerprint density at radius 1 is 1.40 bits per heavy atom. The molecule has 20 heavy (non-hydrogen) atoms. The molecule has 0 saturated heterocycles. The first kappa shape index (κ1) is 16.2. The lowest BCUT2D eigenvalue weighted by molar-refractivity contribution is -0.147. The smallest absolute Gasteiger partial charge is 0.309 e. The van der Waals surface area contributed by atoms with E-state index in [2.05, 4.69) is 5.10 Å². The first-order valence-corrected chi connectivity index (χ1v) is 6.87. The fraction of sp³-hybridized carbons (Fsp3) is 0.643. The molecule has 1 N–H and O–H groups in total. The molecular formula is C14H23N3O3. The maximum Gasteiger partial charge on any atom is 0.309 e. The van der Waals surface area contributed by atoms with Crippen LogP contribution in [-0.2, 0) is 11.3 Å². The molecule has 0 bridgehead atoms. The lowest BCUT2D eigenvalue weighted by Gasteiger charge is -2.21. The van der Waals surface area contributed by atoms with E-state index in [1.165, 1.54) is 4.68 Å². The molecule has 1 aromatic heterocycles. The Balaban J connectivity index is 2.84. The van der Waals surface area contributed by atoms with Crippen LogP contribution in [0.5, 0.6) is 0 Å². The van der Waals surface area contributed by atoms with E-state index in [4.69, 9.17) is 5.11 Å². The van der Waals surface area contributed by atoms with Gasteiger partial charge in [0, 0.05) is 25.7 Å². The van der Waals surface area contributed by atoms with Crippen molar-refractivity contribution in [1.82, 2.24) is 9.78 Å². The van der Waals surface area contributed by atoms with Crippen molar-refractivity contribution in [1.29, 1.82) is 0 Å². The SMILES string of the molecule is CCN(CC)c1cnn(CCC(C)(C)C(=O)O)c(=O)c1. The Hall–Kier alpha value is -1.85. The summed E-state index contributed by atoms with van der Waals surface area (Å²) in [5, 5.41) is 13.2. The number of aromatic nitrogens is 2. The molecule has 1 aromatic rings. The molecule has 0 unspecified atom stereocenters. The van der Waals surface area contributed by atoms with E-state index in [-0.39, 0.29) is 5.56 Å². The second kappa shape index (κ2) is 6.54. The zero-order valence-corrected chi connectivity index (χ0v) is 12.6. The van der Waals surface area contributed by atoms with Gasteiger partial charge in [-0.2, -0.15) is 5.10 Å². The van der Waals surface area contributed by atoms with Gasteiger partial charge >= 0.3 is 5.97 Å². The number of hydrogen-bond acceptors (Lipinski definition) is 4. The average molecular weight is 281 g/mol. The molecule has 112 valence electrons. The number of carboxylic acids is 1. The van der Waals surface area contributed by atoms with Crippen LogP contribution in [0.2, 0.25) is 0 Å². The lowest BCUT2D eigenvalue weighted by Crippen LogP contribution is -2.31. The quantitative estimate of drug-likeness (QED) is 0.821. The molecule has 1 rings (SSSR count). The van der Waals surface area contributed by atoms with Gasteiger partial charge in [0.15, 0.2) is 0 Å². The molecule has 0 aromatic carbocycles. The van der Waals surface area contributed by atoms with Crippen LogP contribution in [0, 0.1) is 5.41 Å². The summed E-state index contributed by atoms with van der Waals surface area (Å²) in [6, 6.07) is 1.55. The highest BCUT2D eigenvalue weighted by atomic mass is 16.4. The van der Waals surface area contributed by atoms with Crippen LogP contribution in [0.1, 0.15) is 34.1 Å². The third-order valence-corrected chi connectivity index (χ3v) is 3.51. The summed E-state index contributed by atoms with van der Waals surface area (Å²) in [6.07, 6.45) is 2.02. The zero-order valence-electron chi connectivity index (χ0n) is 12.6. The molecule has 0 radical (unpaired) electrons. The van der Waals surface area contributed by atoms with Crippen LogP contribution >= 0.6 is 0 Å². The van der Waals surface area contributed by atoms with Crippen LogP contribution < -0.4 is 10.5 Å². The largest absolute Gasteiger partial charge is 0.481 e.